The normalized spacial score (nSPS) is 29.7. The van der Waals surface area contributed by atoms with Gasteiger partial charge in [-0.3, -0.25) is 19.2 Å². The number of benzene rings is 1. The van der Waals surface area contributed by atoms with E-state index in [4.69, 9.17) is 0 Å². The van der Waals surface area contributed by atoms with Gasteiger partial charge in [-0.15, -0.1) is 0 Å². The van der Waals surface area contributed by atoms with Crippen molar-refractivity contribution in [2.45, 2.75) is 24.7 Å². The molecule has 2 aliphatic rings. The van der Waals surface area contributed by atoms with E-state index in [0.29, 0.717) is 12.0 Å². The third kappa shape index (κ3) is 2.03. The van der Waals surface area contributed by atoms with Gasteiger partial charge in [0.05, 0.1) is 18.3 Å². The minimum absolute atomic E-state index is 0.0800. The van der Waals surface area contributed by atoms with Crippen LogP contribution >= 0.6 is 0 Å². The van der Waals surface area contributed by atoms with Crippen LogP contribution < -0.4 is 0 Å². The molecule has 7 nitrogen and oxygen atoms in total. The summed E-state index contributed by atoms with van der Waals surface area (Å²) in [5.41, 5.74) is -1.04. The summed E-state index contributed by atoms with van der Waals surface area (Å²) in [5.74, 6) is -7.16. The quantitative estimate of drug-likeness (QED) is 0.623. The van der Waals surface area contributed by atoms with E-state index in [2.05, 4.69) is 4.74 Å². The average molecular weight is 318 g/mol. The number of carbonyl (C=O) groups is 4. The lowest BCUT2D eigenvalue weighted by molar-refractivity contribution is -0.165. The van der Waals surface area contributed by atoms with Crippen molar-refractivity contribution in [2.24, 2.45) is 11.8 Å². The number of aliphatic carboxylic acids is 2. The summed E-state index contributed by atoms with van der Waals surface area (Å²) in [6.07, 6.45) is 0.0533. The summed E-state index contributed by atoms with van der Waals surface area (Å²) in [5, 5.41) is 19.5. The first-order chi connectivity index (χ1) is 10.9. The van der Waals surface area contributed by atoms with Crippen molar-refractivity contribution in [1.82, 2.24) is 0 Å². The van der Waals surface area contributed by atoms with Crippen LogP contribution in [0.5, 0.6) is 0 Å². The van der Waals surface area contributed by atoms with Crippen molar-refractivity contribution in [3.05, 3.63) is 35.4 Å². The first kappa shape index (κ1) is 15.2. The van der Waals surface area contributed by atoms with Crippen LogP contribution in [0.3, 0.4) is 0 Å². The van der Waals surface area contributed by atoms with Gasteiger partial charge in [0.25, 0.3) is 0 Å². The molecule has 23 heavy (non-hydrogen) atoms. The standard InChI is InChI=1S/C16H14O7/c17-12-7-11(14(20)23-12)16(15(21)22)9-4-2-1-3-8(9)5-6-10(16)13(18)19/h1-4,10-11H,5-7H2,(H,18,19)(H,21,22). The highest BCUT2D eigenvalue weighted by molar-refractivity contribution is 6.02. The number of esters is 2. The third-order valence-electron chi connectivity index (χ3n) is 4.79. The molecule has 3 unspecified atom stereocenters. The zero-order valence-electron chi connectivity index (χ0n) is 12.0. The lowest BCUT2D eigenvalue weighted by Gasteiger charge is -2.42. The van der Waals surface area contributed by atoms with Gasteiger partial charge in [-0.25, -0.2) is 0 Å². The molecule has 1 aromatic carbocycles. The molecular formula is C16H14O7. The lowest BCUT2D eigenvalue weighted by Crippen LogP contribution is -2.55. The van der Waals surface area contributed by atoms with Crippen LogP contribution in [0, 0.1) is 11.8 Å². The highest BCUT2D eigenvalue weighted by Gasteiger charge is 2.63. The van der Waals surface area contributed by atoms with E-state index in [1.807, 2.05) is 0 Å². The Labute approximate surface area is 130 Å². The van der Waals surface area contributed by atoms with E-state index in [0.717, 1.165) is 0 Å². The van der Waals surface area contributed by atoms with Crippen molar-refractivity contribution >= 4 is 23.9 Å². The van der Waals surface area contributed by atoms with Crippen LogP contribution in [0.4, 0.5) is 0 Å². The fourth-order valence-corrected chi connectivity index (χ4v) is 3.84. The molecule has 1 aliphatic heterocycles. The number of carboxylic acid groups (broad SMARTS) is 2. The van der Waals surface area contributed by atoms with Crippen molar-refractivity contribution in [2.75, 3.05) is 0 Å². The number of cyclic esters (lactones) is 2. The zero-order chi connectivity index (χ0) is 16.8. The molecule has 0 amide bonds. The van der Waals surface area contributed by atoms with Gasteiger partial charge in [-0.2, -0.15) is 0 Å². The second-order valence-corrected chi connectivity index (χ2v) is 5.81. The number of aryl methyl sites for hydroxylation is 1. The highest BCUT2D eigenvalue weighted by Crippen LogP contribution is 2.50. The fraction of sp³-hybridized carbons (Fsp3) is 0.375. The Hall–Kier alpha value is -2.70. The fourth-order valence-electron chi connectivity index (χ4n) is 3.84. The summed E-state index contributed by atoms with van der Waals surface area (Å²) >= 11 is 0. The molecule has 120 valence electrons. The van der Waals surface area contributed by atoms with Crippen LogP contribution in [0.2, 0.25) is 0 Å². The molecule has 7 heteroatoms. The Balaban J connectivity index is 2.29. The van der Waals surface area contributed by atoms with Crippen molar-refractivity contribution < 1.29 is 34.1 Å². The van der Waals surface area contributed by atoms with E-state index < -0.39 is 47.5 Å². The Morgan fingerprint density at radius 2 is 1.87 bits per heavy atom. The number of rotatable bonds is 3. The van der Waals surface area contributed by atoms with Gasteiger partial charge in [0, 0.05) is 0 Å². The lowest BCUT2D eigenvalue weighted by atomic mass is 9.56. The zero-order valence-corrected chi connectivity index (χ0v) is 12.0. The van der Waals surface area contributed by atoms with Gasteiger partial charge >= 0.3 is 23.9 Å². The van der Waals surface area contributed by atoms with Gasteiger partial charge in [0.2, 0.25) is 0 Å². The molecule has 3 rings (SSSR count). The number of ether oxygens (including phenoxy) is 1. The summed E-state index contributed by atoms with van der Waals surface area (Å²) < 4.78 is 4.51. The van der Waals surface area contributed by atoms with Gasteiger partial charge in [-0.05, 0) is 24.0 Å². The van der Waals surface area contributed by atoms with Crippen molar-refractivity contribution in [3.63, 3.8) is 0 Å². The summed E-state index contributed by atoms with van der Waals surface area (Å²) in [7, 11) is 0. The molecular weight excluding hydrogens is 304 g/mol. The maximum atomic E-state index is 12.2. The number of carbonyl (C=O) groups excluding carboxylic acids is 2. The van der Waals surface area contributed by atoms with E-state index in [1.54, 1.807) is 18.2 Å². The number of fused-ring (bicyclic) bond motifs is 1. The van der Waals surface area contributed by atoms with E-state index >= 15 is 0 Å². The molecule has 0 saturated carbocycles. The van der Waals surface area contributed by atoms with Gasteiger partial charge in [0.1, 0.15) is 5.41 Å². The van der Waals surface area contributed by atoms with Crippen molar-refractivity contribution in [3.8, 4) is 0 Å². The SMILES string of the molecule is O=C1CC(C2(C(=O)O)c3ccccc3CCC2C(=O)O)C(=O)O1. The minimum Gasteiger partial charge on any atom is -0.481 e. The predicted octanol–water partition coefficient (Wildman–Crippen LogP) is 0.746. The summed E-state index contributed by atoms with van der Waals surface area (Å²) in [6, 6.07) is 6.56. The Bertz CT molecular complexity index is 723. The maximum Gasteiger partial charge on any atom is 0.318 e. The Morgan fingerprint density at radius 1 is 1.17 bits per heavy atom. The molecule has 2 N–H and O–H groups in total. The molecule has 0 radical (unpaired) electrons. The van der Waals surface area contributed by atoms with Crippen LogP contribution in [0.25, 0.3) is 0 Å². The number of hydrogen-bond donors (Lipinski definition) is 2. The predicted molar refractivity (Wildman–Crippen MR) is 74.4 cm³/mol. The van der Waals surface area contributed by atoms with Crippen LogP contribution in [-0.4, -0.2) is 34.1 Å². The van der Waals surface area contributed by atoms with Crippen molar-refractivity contribution in [1.29, 1.82) is 0 Å². The first-order valence-electron chi connectivity index (χ1n) is 7.18. The molecule has 1 saturated heterocycles. The third-order valence-corrected chi connectivity index (χ3v) is 4.79. The summed E-state index contributed by atoms with van der Waals surface area (Å²) in [4.78, 5) is 47.5. The second kappa shape index (κ2) is 5.19. The minimum atomic E-state index is -2.00. The smallest absolute Gasteiger partial charge is 0.318 e. The van der Waals surface area contributed by atoms with E-state index in [9.17, 15) is 29.4 Å². The Morgan fingerprint density at radius 3 is 2.43 bits per heavy atom. The molecule has 3 atom stereocenters. The highest BCUT2D eigenvalue weighted by atomic mass is 16.6. The van der Waals surface area contributed by atoms with Crippen LogP contribution in [-0.2, 0) is 35.8 Å². The number of carboxylic acids is 2. The molecule has 1 aliphatic carbocycles. The largest absolute Gasteiger partial charge is 0.481 e. The first-order valence-corrected chi connectivity index (χ1v) is 7.18. The van der Waals surface area contributed by atoms with Gasteiger partial charge in [0.15, 0.2) is 0 Å². The Kier molecular flexibility index (Phi) is 3.43. The van der Waals surface area contributed by atoms with E-state index in [-0.39, 0.29) is 12.0 Å². The van der Waals surface area contributed by atoms with Crippen LogP contribution in [0.1, 0.15) is 24.0 Å². The van der Waals surface area contributed by atoms with E-state index in [1.165, 1.54) is 6.07 Å². The monoisotopic (exact) mass is 318 g/mol. The molecule has 1 aromatic rings. The second-order valence-electron chi connectivity index (χ2n) is 5.81. The molecule has 0 bridgehead atoms. The topological polar surface area (TPSA) is 118 Å². The van der Waals surface area contributed by atoms with Crippen LogP contribution in [0.15, 0.2) is 24.3 Å². The summed E-state index contributed by atoms with van der Waals surface area (Å²) in [6.45, 7) is 0. The maximum absolute atomic E-state index is 12.2. The molecule has 0 aromatic heterocycles. The molecule has 0 spiro atoms. The molecule has 1 heterocycles. The average Bonchev–Trinajstić information content (AvgIpc) is 2.84. The number of hydrogen-bond acceptors (Lipinski definition) is 5. The van der Waals surface area contributed by atoms with Gasteiger partial charge in [-0.1, -0.05) is 24.3 Å². The van der Waals surface area contributed by atoms with Gasteiger partial charge < -0.3 is 14.9 Å². The molecule has 1 fully saturated rings.